The van der Waals surface area contributed by atoms with Crippen molar-refractivity contribution in [3.8, 4) is 5.75 Å². The maximum atomic E-state index is 12.8. The van der Waals surface area contributed by atoms with E-state index in [1.807, 2.05) is 34.5 Å². The van der Waals surface area contributed by atoms with E-state index in [0.29, 0.717) is 31.1 Å². The van der Waals surface area contributed by atoms with E-state index in [1.165, 1.54) is 0 Å². The highest BCUT2D eigenvalue weighted by molar-refractivity contribution is 7.13. The number of nitrogens with zero attached hydrogens (tertiary/aromatic N) is 4. The van der Waals surface area contributed by atoms with Gasteiger partial charge in [-0.1, -0.05) is 12.1 Å². The number of fused-ring (bicyclic) bond motifs is 1. The molecule has 1 aromatic carbocycles. The lowest BCUT2D eigenvalue weighted by Gasteiger charge is -2.35. The van der Waals surface area contributed by atoms with E-state index < -0.39 is 0 Å². The average Bonchev–Trinajstić information content (AvgIpc) is 3.16. The number of ether oxygens (including phenoxy) is 1. The van der Waals surface area contributed by atoms with Gasteiger partial charge >= 0.3 is 0 Å². The van der Waals surface area contributed by atoms with Crippen LogP contribution in [0.4, 0.5) is 10.8 Å². The molecular weight excluding hydrogens is 352 g/mol. The smallest absolute Gasteiger partial charge is 0.242 e. The molecule has 0 unspecified atom stereocenters. The predicted molar refractivity (Wildman–Crippen MR) is 99.8 cm³/mol. The van der Waals surface area contributed by atoms with Crippen molar-refractivity contribution in [3.63, 3.8) is 0 Å². The second kappa shape index (κ2) is 7.33. The van der Waals surface area contributed by atoms with Gasteiger partial charge in [0.15, 0.2) is 5.13 Å². The molecule has 2 aliphatic heterocycles. The summed E-state index contributed by atoms with van der Waals surface area (Å²) in [6.45, 7) is 3.18. The number of aromatic nitrogens is 1. The molecule has 7 nitrogen and oxygen atoms in total. The number of piperazine rings is 1. The Hall–Kier alpha value is -2.61. The van der Waals surface area contributed by atoms with Gasteiger partial charge in [0.2, 0.25) is 11.8 Å². The predicted octanol–water partition coefficient (Wildman–Crippen LogP) is 1.61. The van der Waals surface area contributed by atoms with E-state index in [1.54, 1.807) is 22.4 Å². The molecule has 0 saturated carbocycles. The number of rotatable bonds is 3. The zero-order chi connectivity index (χ0) is 17.9. The minimum atomic E-state index is -0.0790. The molecule has 1 aromatic heterocycles. The van der Waals surface area contributed by atoms with Gasteiger partial charge in [0.05, 0.1) is 18.7 Å². The van der Waals surface area contributed by atoms with Crippen LogP contribution in [0.5, 0.6) is 5.75 Å². The standard InChI is InChI=1S/C18H20N4O3S/c23-16-5-11-25-15-4-2-1-3-14(15)22(16)13-17(24)20-7-9-21(10-8-20)18-19-6-12-26-18/h1-4,6,12H,5,7-11,13H2. The average molecular weight is 372 g/mol. The van der Waals surface area contributed by atoms with Crippen molar-refractivity contribution in [2.24, 2.45) is 0 Å². The summed E-state index contributed by atoms with van der Waals surface area (Å²) in [6, 6.07) is 7.38. The van der Waals surface area contributed by atoms with Crippen LogP contribution in [-0.2, 0) is 9.59 Å². The molecule has 0 N–H and O–H groups in total. The van der Waals surface area contributed by atoms with Crippen LogP contribution in [0.2, 0.25) is 0 Å². The van der Waals surface area contributed by atoms with E-state index in [2.05, 4.69) is 9.88 Å². The molecule has 1 saturated heterocycles. The van der Waals surface area contributed by atoms with Crippen LogP contribution in [0, 0.1) is 0 Å². The summed E-state index contributed by atoms with van der Waals surface area (Å²) in [6.07, 6.45) is 2.07. The van der Waals surface area contributed by atoms with Gasteiger partial charge in [-0.15, -0.1) is 11.3 Å². The minimum Gasteiger partial charge on any atom is -0.491 e. The fourth-order valence-corrected chi connectivity index (χ4v) is 3.94. The number of para-hydroxylation sites is 2. The SMILES string of the molecule is O=C(CN1C(=O)CCOc2ccccc21)N1CCN(c2nccs2)CC1. The highest BCUT2D eigenvalue weighted by Gasteiger charge is 2.28. The van der Waals surface area contributed by atoms with Crippen LogP contribution >= 0.6 is 11.3 Å². The van der Waals surface area contributed by atoms with Crippen molar-refractivity contribution in [2.75, 3.05) is 49.1 Å². The number of thiazole rings is 1. The zero-order valence-electron chi connectivity index (χ0n) is 14.3. The number of amides is 2. The Balaban J connectivity index is 1.42. The second-order valence-corrected chi connectivity index (χ2v) is 7.10. The zero-order valence-corrected chi connectivity index (χ0v) is 15.2. The van der Waals surface area contributed by atoms with E-state index in [4.69, 9.17) is 4.74 Å². The first kappa shape index (κ1) is 16.8. The number of benzene rings is 1. The van der Waals surface area contributed by atoms with Crippen LogP contribution < -0.4 is 14.5 Å². The van der Waals surface area contributed by atoms with E-state index in [0.717, 1.165) is 18.2 Å². The minimum absolute atomic E-state index is 0.0335. The largest absolute Gasteiger partial charge is 0.491 e. The number of hydrogen-bond acceptors (Lipinski definition) is 6. The van der Waals surface area contributed by atoms with Gasteiger partial charge < -0.3 is 14.5 Å². The lowest BCUT2D eigenvalue weighted by atomic mass is 10.2. The van der Waals surface area contributed by atoms with Crippen molar-refractivity contribution < 1.29 is 14.3 Å². The van der Waals surface area contributed by atoms with Gasteiger partial charge in [0, 0.05) is 37.8 Å². The summed E-state index contributed by atoms with van der Waals surface area (Å²) in [4.78, 5) is 35.1. The van der Waals surface area contributed by atoms with Gasteiger partial charge in [-0.3, -0.25) is 14.5 Å². The quantitative estimate of drug-likeness (QED) is 0.819. The van der Waals surface area contributed by atoms with Crippen LogP contribution in [0.25, 0.3) is 0 Å². The monoisotopic (exact) mass is 372 g/mol. The Kier molecular flexibility index (Phi) is 4.75. The van der Waals surface area contributed by atoms with Gasteiger partial charge in [0.1, 0.15) is 12.3 Å². The number of carbonyl (C=O) groups excluding carboxylic acids is 2. The Labute approximate surface area is 155 Å². The molecule has 0 atom stereocenters. The molecule has 0 aliphatic carbocycles. The number of anilines is 2. The highest BCUT2D eigenvalue weighted by Crippen LogP contribution is 2.31. The van der Waals surface area contributed by atoms with E-state index in [-0.39, 0.29) is 24.8 Å². The lowest BCUT2D eigenvalue weighted by molar-refractivity contribution is -0.131. The maximum Gasteiger partial charge on any atom is 0.242 e. The van der Waals surface area contributed by atoms with Crippen LogP contribution in [-0.4, -0.2) is 61.0 Å². The summed E-state index contributed by atoms with van der Waals surface area (Å²) in [7, 11) is 0. The van der Waals surface area contributed by atoms with Gasteiger partial charge in [-0.05, 0) is 12.1 Å². The summed E-state index contributed by atoms with van der Waals surface area (Å²) >= 11 is 1.61. The number of hydrogen-bond donors (Lipinski definition) is 0. The van der Waals surface area contributed by atoms with Crippen LogP contribution in [0.3, 0.4) is 0 Å². The van der Waals surface area contributed by atoms with E-state index >= 15 is 0 Å². The van der Waals surface area contributed by atoms with Crippen molar-refractivity contribution in [2.45, 2.75) is 6.42 Å². The van der Waals surface area contributed by atoms with Crippen LogP contribution in [0.1, 0.15) is 6.42 Å². The third-order valence-electron chi connectivity index (χ3n) is 4.65. The molecular formula is C18H20N4O3S. The van der Waals surface area contributed by atoms with Gasteiger partial charge in [0.25, 0.3) is 0 Å². The second-order valence-electron chi connectivity index (χ2n) is 6.23. The Morgan fingerprint density at radius 3 is 2.77 bits per heavy atom. The molecule has 0 spiro atoms. The normalized spacial score (nSPS) is 17.5. The third-order valence-corrected chi connectivity index (χ3v) is 5.48. The molecule has 8 heteroatoms. The van der Waals surface area contributed by atoms with Crippen molar-refractivity contribution >= 4 is 34.0 Å². The fourth-order valence-electron chi connectivity index (χ4n) is 3.25. The summed E-state index contributed by atoms with van der Waals surface area (Å²) < 4.78 is 5.63. The van der Waals surface area contributed by atoms with E-state index in [9.17, 15) is 9.59 Å². The summed E-state index contributed by atoms with van der Waals surface area (Å²) in [5, 5.41) is 2.95. The first-order valence-electron chi connectivity index (χ1n) is 8.67. The molecule has 3 heterocycles. The van der Waals surface area contributed by atoms with Crippen molar-refractivity contribution in [1.29, 1.82) is 0 Å². The molecule has 1 fully saturated rings. The topological polar surface area (TPSA) is 66.0 Å². The van der Waals surface area contributed by atoms with Crippen LogP contribution in [0.15, 0.2) is 35.8 Å². The Bertz CT molecular complexity index is 787. The first-order valence-corrected chi connectivity index (χ1v) is 9.55. The summed E-state index contributed by atoms with van der Waals surface area (Å²) in [5.74, 6) is 0.540. The fraction of sp³-hybridized carbons (Fsp3) is 0.389. The van der Waals surface area contributed by atoms with Gasteiger partial charge in [-0.25, -0.2) is 4.98 Å². The maximum absolute atomic E-state index is 12.8. The molecule has 0 radical (unpaired) electrons. The molecule has 2 amide bonds. The first-order chi connectivity index (χ1) is 12.7. The third kappa shape index (κ3) is 3.37. The Morgan fingerprint density at radius 1 is 1.19 bits per heavy atom. The summed E-state index contributed by atoms with van der Waals surface area (Å²) in [5.41, 5.74) is 0.671. The molecule has 4 rings (SSSR count). The molecule has 2 aromatic rings. The Morgan fingerprint density at radius 2 is 2.00 bits per heavy atom. The van der Waals surface area contributed by atoms with Crippen molar-refractivity contribution in [3.05, 3.63) is 35.8 Å². The van der Waals surface area contributed by atoms with Gasteiger partial charge in [-0.2, -0.15) is 0 Å². The molecule has 26 heavy (non-hydrogen) atoms. The van der Waals surface area contributed by atoms with Crippen molar-refractivity contribution in [1.82, 2.24) is 9.88 Å². The lowest BCUT2D eigenvalue weighted by Crippen LogP contribution is -2.52. The molecule has 2 aliphatic rings. The molecule has 136 valence electrons. The highest BCUT2D eigenvalue weighted by atomic mass is 32.1. The number of carbonyl (C=O) groups is 2. The molecule has 0 bridgehead atoms.